The number of benzene rings is 1. The van der Waals surface area contributed by atoms with E-state index in [0.717, 1.165) is 11.3 Å². The molecule has 0 spiro atoms. The minimum atomic E-state index is -3.06. The van der Waals surface area contributed by atoms with E-state index in [9.17, 15) is 17.6 Å². The highest BCUT2D eigenvalue weighted by Gasteiger charge is 2.29. The maximum absolute atomic E-state index is 13.8. The van der Waals surface area contributed by atoms with E-state index >= 15 is 0 Å². The summed E-state index contributed by atoms with van der Waals surface area (Å²) >= 11 is 7.26. The maximum atomic E-state index is 13.8. The first-order valence-corrected chi connectivity index (χ1v) is 9.27. The Morgan fingerprint density at radius 2 is 1.95 bits per heavy atom. The van der Waals surface area contributed by atoms with Crippen LogP contribution in [0.3, 0.4) is 0 Å². The lowest BCUT2D eigenvalue weighted by molar-refractivity contribution is 0.0775. The van der Waals surface area contributed by atoms with Gasteiger partial charge in [-0.2, -0.15) is 0 Å². The Balaban J connectivity index is 1.96. The van der Waals surface area contributed by atoms with E-state index in [-0.39, 0.29) is 45.8 Å². The molecular formula is C13H11ClFNO3S2. The number of sulfone groups is 1. The highest BCUT2D eigenvalue weighted by atomic mass is 35.5. The van der Waals surface area contributed by atoms with E-state index in [1.54, 1.807) is 12.1 Å². The highest BCUT2D eigenvalue weighted by Crippen LogP contribution is 2.37. The topological polar surface area (TPSA) is 54.5 Å². The van der Waals surface area contributed by atoms with E-state index in [2.05, 4.69) is 0 Å². The summed E-state index contributed by atoms with van der Waals surface area (Å²) in [6.07, 6.45) is 0. The van der Waals surface area contributed by atoms with Crippen LogP contribution in [0.4, 0.5) is 4.39 Å². The van der Waals surface area contributed by atoms with Gasteiger partial charge in [0.25, 0.3) is 5.91 Å². The highest BCUT2D eigenvalue weighted by molar-refractivity contribution is 7.91. The molecule has 1 amide bonds. The third-order valence-corrected chi connectivity index (χ3v) is 6.67. The van der Waals surface area contributed by atoms with Crippen molar-refractivity contribution in [3.8, 4) is 0 Å². The van der Waals surface area contributed by atoms with Crippen molar-refractivity contribution in [2.75, 3.05) is 24.6 Å². The first kappa shape index (κ1) is 14.7. The SMILES string of the molecule is O=C(c1sc2cccc(F)c2c1Cl)N1CCS(=O)(=O)CC1. The monoisotopic (exact) mass is 347 g/mol. The Bertz CT molecular complexity index is 817. The lowest BCUT2D eigenvalue weighted by atomic mass is 10.2. The van der Waals surface area contributed by atoms with Crippen molar-refractivity contribution in [1.29, 1.82) is 0 Å². The molecule has 1 aromatic carbocycles. The Labute approximate surface area is 130 Å². The molecule has 0 N–H and O–H groups in total. The molecule has 112 valence electrons. The summed E-state index contributed by atoms with van der Waals surface area (Å²) in [6.45, 7) is 0.294. The summed E-state index contributed by atoms with van der Waals surface area (Å²) < 4.78 is 37.2. The van der Waals surface area contributed by atoms with Gasteiger partial charge in [-0.05, 0) is 12.1 Å². The summed E-state index contributed by atoms with van der Waals surface area (Å²) in [6, 6.07) is 4.56. The molecule has 0 radical (unpaired) electrons. The Kier molecular flexibility index (Phi) is 3.67. The van der Waals surface area contributed by atoms with Gasteiger partial charge in [0, 0.05) is 23.2 Å². The van der Waals surface area contributed by atoms with E-state index in [1.807, 2.05) is 0 Å². The molecule has 1 aliphatic rings. The number of hydrogen-bond acceptors (Lipinski definition) is 4. The number of amides is 1. The van der Waals surface area contributed by atoms with Gasteiger partial charge in [0.2, 0.25) is 0 Å². The molecule has 0 aliphatic carbocycles. The fourth-order valence-electron chi connectivity index (χ4n) is 2.27. The molecule has 1 aliphatic heterocycles. The summed E-state index contributed by atoms with van der Waals surface area (Å²) in [5.74, 6) is -0.893. The zero-order valence-electron chi connectivity index (χ0n) is 10.8. The maximum Gasteiger partial charge on any atom is 0.265 e. The molecule has 2 aromatic rings. The molecule has 4 nitrogen and oxygen atoms in total. The average molecular weight is 348 g/mol. The van der Waals surface area contributed by atoms with Gasteiger partial charge in [-0.25, -0.2) is 12.8 Å². The Hall–Kier alpha value is -1.18. The molecule has 21 heavy (non-hydrogen) atoms. The third kappa shape index (κ3) is 2.65. The van der Waals surface area contributed by atoms with Gasteiger partial charge in [-0.1, -0.05) is 17.7 Å². The van der Waals surface area contributed by atoms with Gasteiger partial charge in [-0.3, -0.25) is 4.79 Å². The molecule has 8 heteroatoms. The first-order valence-electron chi connectivity index (χ1n) is 6.25. The molecule has 0 bridgehead atoms. The lowest BCUT2D eigenvalue weighted by Crippen LogP contribution is -2.43. The van der Waals surface area contributed by atoms with Crippen LogP contribution in [0, 0.1) is 5.82 Å². The molecule has 3 rings (SSSR count). The Morgan fingerprint density at radius 1 is 1.29 bits per heavy atom. The number of rotatable bonds is 1. The van der Waals surface area contributed by atoms with Crippen molar-refractivity contribution < 1.29 is 17.6 Å². The molecule has 0 unspecified atom stereocenters. The second-order valence-electron chi connectivity index (χ2n) is 4.80. The van der Waals surface area contributed by atoms with Crippen molar-refractivity contribution in [1.82, 2.24) is 4.90 Å². The van der Waals surface area contributed by atoms with E-state index < -0.39 is 15.7 Å². The molecule has 1 saturated heterocycles. The third-order valence-electron chi connectivity index (χ3n) is 3.43. The summed E-state index contributed by atoms with van der Waals surface area (Å²) in [7, 11) is -3.06. The number of fused-ring (bicyclic) bond motifs is 1. The number of carbonyl (C=O) groups excluding carboxylic acids is 1. The zero-order valence-corrected chi connectivity index (χ0v) is 13.2. The fourth-order valence-corrected chi connectivity index (χ4v) is 4.99. The van der Waals surface area contributed by atoms with E-state index in [4.69, 9.17) is 11.6 Å². The van der Waals surface area contributed by atoms with Crippen molar-refractivity contribution in [2.45, 2.75) is 0 Å². The van der Waals surface area contributed by atoms with E-state index in [0.29, 0.717) is 4.70 Å². The quantitative estimate of drug-likeness (QED) is 0.796. The predicted molar refractivity (Wildman–Crippen MR) is 81.4 cm³/mol. The summed E-state index contributed by atoms with van der Waals surface area (Å²) in [4.78, 5) is 14.2. The van der Waals surface area contributed by atoms with Gasteiger partial charge in [0.1, 0.15) is 10.7 Å². The molecule has 1 fully saturated rings. The van der Waals surface area contributed by atoms with Gasteiger partial charge >= 0.3 is 0 Å². The second kappa shape index (κ2) is 5.23. The summed E-state index contributed by atoms with van der Waals surface area (Å²) in [5.41, 5.74) is 0. The molecule has 0 saturated carbocycles. The molecular weight excluding hydrogens is 337 g/mol. The minimum absolute atomic E-state index is 0.0460. The van der Waals surface area contributed by atoms with Gasteiger partial charge in [0.05, 0.1) is 16.5 Å². The number of nitrogens with zero attached hydrogens (tertiary/aromatic N) is 1. The van der Waals surface area contributed by atoms with Gasteiger partial charge < -0.3 is 4.90 Å². The first-order chi connectivity index (χ1) is 9.89. The van der Waals surface area contributed by atoms with Crippen LogP contribution < -0.4 is 0 Å². The van der Waals surface area contributed by atoms with Crippen LogP contribution >= 0.6 is 22.9 Å². The van der Waals surface area contributed by atoms with Crippen LogP contribution in [0.1, 0.15) is 9.67 Å². The molecule has 0 atom stereocenters. The second-order valence-corrected chi connectivity index (χ2v) is 8.54. The number of hydrogen-bond donors (Lipinski definition) is 0. The van der Waals surface area contributed by atoms with Crippen LogP contribution in [0.5, 0.6) is 0 Å². The summed E-state index contributed by atoms with van der Waals surface area (Å²) in [5, 5.41) is 0.351. The largest absolute Gasteiger partial charge is 0.336 e. The van der Waals surface area contributed by atoms with Crippen LogP contribution in [0.15, 0.2) is 18.2 Å². The van der Waals surface area contributed by atoms with E-state index in [1.165, 1.54) is 11.0 Å². The fraction of sp³-hybridized carbons (Fsp3) is 0.308. The lowest BCUT2D eigenvalue weighted by Gasteiger charge is -2.26. The van der Waals surface area contributed by atoms with Crippen molar-refractivity contribution in [3.05, 3.63) is 33.9 Å². The average Bonchev–Trinajstić information content (AvgIpc) is 2.77. The van der Waals surface area contributed by atoms with Crippen LogP contribution in [-0.4, -0.2) is 43.8 Å². The van der Waals surface area contributed by atoms with Crippen molar-refractivity contribution in [2.24, 2.45) is 0 Å². The zero-order chi connectivity index (χ0) is 15.2. The van der Waals surface area contributed by atoms with Crippen LogP contribution in [0.2, 0.25) is 5.02 Å². The number of thiophene rings is 1. The van der Waals surface area contributed by atoms with Gasteiger partial charge in [0.15, 0.2) is 9.84 Å². The van der Waals surface area contributed by atoms with Crippen LogP contribution in [0.25, 0.3) is 10.1 Å². The number of carbonyl (C=O) groups is 1. The molecule has 1 aromatic heterocycles. The van der Waals surface area contributed by atoms with Crippen molar-refractivity contribution >= 4 is 48.8 Å². The Morgan fingerprint density at radius 3 is 2.57 bits per heavy atom. The smallest absolute Gasteiger partial charge is 0.265 e. The van der Waals surface area contributed by atoms with Crippen molar-refractivity contribution in [3.63, 3.8) is 0 Å². The predicted octanol–water partition coefficient (Wildman–Crippen LogP) is 2.56. The standard InChI is InChI=1S/C13H11ClFNO3S2/c14-11-10-8(15)2-1-3-9(10)20-12(11)13(17)16-4-6-21(18,19)7-5-16/h1-3H,4-7H2. The minimum Gasteiger partial charge on any atom is -0.336 e. The normalized spacial score (nSPS) is 18.1. The number of halogens is 2. The molecule has 2 heterocycles. The van der Waals surface area contributed by atoms with Crippen LogP contribution in [-0.2, 0) is 9.84 Å². The van der Waals surface area contributed by atoms with Gasteiger partial charge in [-0.15, -0.1) is 11.3 Å².